The summed E-state index contributed by atoms with van der Waals surface area (Å²) in [5.41, 5.74) is 0. The first kappa shape index (κ1) is 14.2. The molecule has 6 heteroatoms. The van der Waals surface area contributed by atoms with Gasteiger partial charge in [0.1, 0.15) is 0 Å². The van der Waals surface area contributed by atoms with Crippen molar-refractivity contribution in [1.29, 1.82) is 0 Å². The van der Waals surface area contributed by atoms with Gasteiger partial charge in [0.15, 0.2) is 0 Å². The Balaban J connectivity index is 2.38. The molecule has 1 fully saturated rings. The number of hydrogen-bond acceptors (Lipinski definition) is 5. The molecule has 1 rings (SSSR count). The molecular weight excluding hydrogens is 224 g/mol. The van der Waals surface area contributed by atoms with Crippen molar-refractivity contribution < 1.29 is 19.4 Å². The van der Waals surface area contributed by atoms with Gasteiger partial charge in [-0.15, -0.1) is 0 Å². The van der Waals surface area contributed by atoms with Crippen LogP contribution < -0.4 is 0 Å². The molecule has 6 nitrogen and oxygen atoms in total. The Hall–Kier alpha value is -0.850. The average molecular weight is 246 g/mol. The van der Waals surface area contributed by atoms with Crippen molar-refractivity contribution in [2.75, 3.05) is 53.1 Å². The first-order valence-corrected chi connectivity index (χ1v) is 5.98. The molecular formula is C11H22N2O4. The van der Waals surface area contributed by atoms with Crippen molar-refractivity contribution in [2.24, 2.45) is 0 Å². The van der Waals surface area contributed by atoms with E-state index < -0.39 is 0 Å². The fourth-order valence-corrected chi connectivity index (χ4v) is 1.91. The van der Waals surface area contributed by atoms with Crippen molar-refractivity contribution in [3.8, 4) is 0 Å². The molecule has 1 heterocycles. The van der Waals surface area contributed by atoms with Gasteiger partial charge in [0.25, 0.3) is 0 Å². The van der Waals surface area contributed by atoms with Crippen LogP contribution in [0.4, 0.5) is 4.79 Å². The summed E-state index contributed by atoms with van der Waals surface area (Å²) in [6, 6.07) is 0.0418. The Morgan fingerprint density at radius 3 is 3.00 bits per heavy atom. The average Bonchev–Trinajstić information content (AvgIpc) is 2.39. The highest BCUT2D eigenvalue weighted by Gasteiger charge is 2.23. The number of morpholine rings is 1. The fourth-order valence-electron chi connectivity index (χ4n) is 1.91. The summed E-state index contributed by atoms with van der Waals surface area (Å²) < 4.78 is 9.99. The minimum Gasteiger partial charge on any atom is -0.453 e. The van der Waals surface area contributed by atoms with Gasteiger partial charge in [-0.1, -0.05) is 0 Å². The lowest BCUT2D eigenvalue weighted by molar-refractivity contribution is -0.0297. The van der Waals surface area contributed by atoms with Gasteiger partial charge in [0, 0.05) is 26.2 Å². The molecule has 0 aromatic rings. The Labute approximate surface area is 102 Å². The van der Waals surface area contributed by atoms with Crippen molar-refractivity contribution >= 4 is 6.09 Å². The highest BCUT2D eigenvalue weighted by molar-refractivity contribution is 5.67. The molecule has 1 aliphatic rings. The van der Waals surface area contributed by atoms with E-state index in [1.165, 1.54) is 7.11 Å². The maximum Gasteiger partial charge on any atom is 0.409 e. The first-order chi connectivity index (χ1) is 8.22. The van der Waals surface area contributed by atoms with Crippen molar-refractivity contribution in [3.05, 3.63) is 0 Å². The highest BCUT2D eigenvalue weighted by Crippen LogP contribution is 2.06. The Morgan fingerprint density at radius 1 is 1.65 bits per heavy atom. The van der Waals surface area contributed by atoms with E-state index in [1.807, 2.05) is 6.92 Å². The molecule has 0 aromatic carbocycles. The summed E-state index contributed by atoms with van der Waals surface area (Å²) in [5.74, 6) is 0. The number of aliphatic hydroxyl groups is 1. The van der Waals surface area contributed by atoms with E-state index in [2.05, 4.69) is 4.90 Å². The lowest BCUT2D eigenvalue weighted by Crippen LogP contribution is -2.50. The predicted molar refractivity (Wildman–Crippen MR) is 62.9 cm³/mol. The zero-order valence-corrected chi connectivity index (χ0v) is 10.6. The molecule has 1 atom stereocenters. The van der Waals surface area contributed by atoms with Crippen LogP contribution in [-0.2, 0) is 9.47 Å². The quantitative estimate of drug-likeness (QED) is 0.726. The maximum atomic E-state index is 11.4. The number of likely N-dealkylation sites (N-methyl/N-ethyl adjacent to an activating group) is 1. The van der Waals surface area contributed by atoms with Crippen LogP contribution in [0.2, 0.25) is 0 Å². The number of methoxy groups -OCH3 is 1. The Morgan fingerprint density at radius 2 is 2.41 bits per heavy atom. The van der Waals surface area contributed by atoms with Crippen LogP contribution in [0.1, 0.15) is 6.92 Å². The van der Waals surface area contributed by atoms with Gasteiger partial charge in [0.05, 0.1) is 33.0 Å². The second-order valence-corrected chi connectivity index (χ2v) is 4.00. The minimum atomic E-state index is -0.304. The van der Waals surface area contributed by atoms with Gasteiger partial charge in [0.2, 0.25) is 0 Å². The summed E-state index contributed by atoms with van der Waals surface area (Å²) in [6.45, 7) is 6.01. The second kappa shape index (κ2) is 7.47. The lowest BCUT2D eigenvalue weighted by atomic mass is 10.2. The van der Waals surface area contributed by atoms with Gasteiger partial charge in [-0.3, -0.25) is 4.90 Å². The molecule has 1 unspecified atom stereocenters. The molecule has 0 saturated carbocycles. The molecule has 0 spiro atoms. The minimum absolute atomic E-state index is 0.0418. The van der Waals surface area contributed by atoms with Gasteiger partial charge < -0.3 is 19.5 Å². The van der Waals surface area contributed by atoms with E-state index in [-0.39, 0.29) is 18.7 Å². The summed E-state index contributed by atoms with van der Waals surface area (Å²) in [5, 5.41) is 9.21. The third-order valence-corrected chi connectivity index (χ3v) is 3.03. The largest absolute Gasteiger partial charge is 0.453 e. The number of rotatable bonds is 5. The standard InChI is InChI=1S/C11H22N2O4/c1-3-12(11(15)16-2)4-5-13-6-7-17-9-10(13)8-14/h10,14H,3-9H2,1-2H3. The smallest absolute Gasteiger partial charge is 0.409 e. The van der Waals surface area contributed by atoms with Crippen molar-refractivity contribution in [1.82, 2.24) is 9.80 Å². The molecule has 0 radical (unpaired) electrons. The van der Waals surface area contributed by atoms with Crippen LogP contribution in [0.25, 0.3) is 0 Å². The summed E-state index contributed by atoms with van der Waals surface area (Å²) in [7, 11) is 1.39. The molecule has 1 amide bonds. The third-order valence-electron chi connectivity index (χ3n) is 3.03. The molecule has 0 aromatic heterocycles. The van der Waals surface area contributed by atoms with Crippen LogP contribution in [0.5, 0.6) is 0 Å². The lowest BCUT2D eigenvalue weighted by Gasteiger charge is -2.35. The second-order valence-electron chi connectivity index (χ2n) is 4.00. The van der Waals surface area contributed by atoms with Crippen molar-refractivity contribution in [3.63, 3.8) is 0 Å². The van der Waals surface area contributed by atoms with Gasteiger partial charge in [-0.05, 0) is 6.92 Å². The van der Waals surface area contributed by atoms with E-state index in [1.54, 1.807) is 4.90 Å². The number of aliphatic hydroxyl groups excluding tert-OH is 1. The van der Waals surface area contributed by atoms with Gasteiger partial charge >= 0.3 is 6.09 Å². The molecule has 0 aliphatic carbocycles. The molecule has 1 N–H and O–H groups in total. The summed E-state index contributed by atoms with van der Waals surface area (Å²) in [4.78, 5) is 15.2. The molecule has 100 valence electrons. The van der Waals surface area contributed by atoms with Crippen LogP contribution in [0, 0.1) is 0 Å². The van der Waals surface area contributed by atoms with Crippen LogP contribution in [0.3, 0.4) is 0 Å². The Kier molecular flexibility index (Phi) is 6.25. The van der Waals surface area contributed by atoms with E-state index in [4.69, 9.17) is 9.47 Å². The number of amides is 1. The van der Waals surface area contributed by atoms with Crippen molar-refractivity contribution in [2.45, 2.75) is 13.0 Å². The number of carbonyl (C=O) groups is 1. The predicted octanol–water partition coefficient (Wildman–Crippen LogP) is -0.232. The van der Waals surface area contributed by atoms with E-state index in [0.29, 0.717) is 26.3 Å². The zero-order valence-electron chi connectivity index (χ0n) is 10.6. The van der Waals surface area contributed by atoms with E-state index in [0.717, 1.165) is 13.1 Å². The third kappa shape index (κ3) is 4.14. The maximum absolute atomic E-state index is 11.4. The summed E-state index contributed by atoms with van der Waals surface area (Å²) >= 11 is 0. The molecule has 1 aliphatic heterocycles. The SMILES string of the molecule is CCN(CCN1CCOCC1CO)C(=O)OC. The molecule has 17 heavy (non-hydrogen) atoms. The zero-order chi connectivity index (χ0) is 12.7. The first-order valence-electron chi connectivity index (χ1n) is 5.98. The highest BCUT2D eigenvalue weighted by atomic mass is 16.5. The van der Waals surface area contributed by atoms with Crippen LogP contribution >= 0.6 is 0 Å². The number of carbonyl (C=O) groups excluding carboxylic acids is 1. The normalized spacial score (nSPS) is 21.2. The number of hydrogen-bond donors (Lipinski definition) is 1. The summed E-state index contributed by atoms with van der Waals surface area (Å²) in [6.07, 6.45) is -0.304. The Bertz CT molecular complexity index is 238. The van der Waals surface area contributed by atoms with Gasteiger partial charge in [-0.2, -0.15) is 0 Å². The monoisotopic (exact) mass is 246 g/mol. The van der Waals surface area contributed by atoms with Gasteiger partial charge in [-0.25, -0.2) is 4.79 Å². The molecule has 0 bridgehead atoms. The topological polar surface area (TPSA) is 62.2 Å². The van der Waals surface area contributed by atoms with E-state index in [9.17, 15) is 9.90 Å². The van der Waals surface area contributed by atoms with E-state index >= 15 is 0 Å². The fraction of sp³-hybridized carbons (Fsp3) is 0.909. The molecule has 1 saturated heterocycles. The number of ether oxygens (including phenoxy) is 2. The van der Waals surface area contributed by atoms with Crippen LogP contribution in [0.15, 0.2) is 0 Å². The van der Waals surface area contributed by atoms with Crippen LogP contribution in [-0.4, -0.2) is 80.2 Å². The number of nitrogens with zero attached hydrogens (tertiary/aromatic N) is 2.